The van der Waals surface area contributed by atoms with E-state index in [1.807, 2.05) is 17.0 Å². The first-order valence-electron chi connectivity index (χ1n) is 7.30. The Morgan fingerprint density at radius 1 is 1.29 bits per heavy atom. The SMILES string of the molecule is CC(=O)N1CCCN(CC(=O)N(C)Cc2ccco2)CC1. The summed E-state index contributed by atoms with van der Waals surface area (Å²) in [7, 11) is 1.78. The van der Waals surface area contributed by atoms with Gasteiger partial charge in [-0.15, -0.1) is 0 Å². The smallest absolute Gasteiger partial charge is 0.236 e. The lowest BCUT2D eigenvalue weighted by molar-refractivity contribution is -0.131. The lowest BCUT2D eigenvalue weighted by Gasteiger charge is -2.23. The van der Waals surface area contributed by atoms with Crippen molar-refractivity contribution in [2.75, 3.05) is 39.8 Å². The van der Waals surface area contributed by atoms with Crippen molar-refractivity contribution in [3.8, 4) is 0 Å². The zero-order valence-electron chi connectivity index (χ0n) is 12.7. The van der Waals surface area contributed by atoms with Gasteiger partial charge in [-0.2, -0.15) is 0 Å². The third-order valence-electron chi connectivity index (χ3n) is 3.79. The van der Waals surface area contributed by atoms with Crippen LogP contribution < -0.4 is 0 Å². The summed E-state index contributed by atoms with van der Waals surface area (Å²) in [5.41, 5.74) is 0. The Bertz CT molecular complexity index is 473. The molecule has 0 unspecified atom stereocenters. The van der Waals surface area contributed by atoms with Crippen LogP contribution in [0.5, 0.6) is 0 Å². The fraction of sp³-hybridized carbons (Fsp3) is 0.600. The minimum atomic E-state index is 0.0719. The van der Waals surface area contributed by atoms with Crippen molar-refractivity contribution < 1.29 is 14.0 Å². The zero-order valence-corrected chi connectivity index (χ0v) is 12.7. The first-order valence-corrected chi connectivity index (χ1v) is 7.30. The molecular formula is C15H23N3O3. The van der Waals surface area contributed by atoms with Gasteiger partial charge in [-0.3, -0.25) is 14.5 Å². The van der Waals surface area contributed by atoms with E-state index in [0.29, 0.717) is 19.6 Å². The molecule has 0 bridgehead atoms. The Hall–Kier alpha value is -1.82. The number of amides is 2. The number of likely N-dealkylation sites (N-methyl/N-ethyl adjacent to an activating group) is 1. The van der Waals surface area contributed by atoms with Gasteiger partial charge in [0.2, 0.25) is 11.8 Å². The molecular weight excluding hydrogens is 270 g/mol. The Morgan fingerprint density at radius 2 is 2.10 bits per heavy atom. The molecule has 2 amide bonds. The second-order valence-corrected chi connectivity index (χ2v) is 5.46. The van der Waals surface area contributed by atoms with Crippen LogP contribution in [0.3, 0.4) is 0 Å². The molecule has 2 heterocycles. The average molecular weight is 293 g/mol. The van der Waals surface area contributed by atoms with Crippen LogP contribution in [-0.4, -0.2) is 66.3 Å². The van der Waals surface area contributed by atoms with Crippen molar-refractivity contribution in [1.82, 2.24) is 14.7 Å². The number of carbonyl (C=O) groups excluding carboxylic acids is 2. The maximum absolute atomic E-state index is 12.2. The summed E-state index contributed by atoms with van der Waals surface area (Å²) in [4.78, 5) is 29.2. The molecule has 2 rings (SSSR count). The van der Waals surface area contributed by atoms with Crippen molar-refractivity contribution in [3.63, 3.8) is 0 Å². The van der Waals surface area contributed by atoms with Crippen LogP contribution in [0.15, 0.2) is 22.8 Å². The fourth-order valence-corrected chi connectivity index (χ4v) is 2.48. The van der Waals surface area contributed by atoms with E-state index in [0.717, 1.165) is 31.8 Å². The molecule has 21 heavy (non-hydrogen) atoms. The minimum absolute atomic E-state index is 0.0719. The second-order valence-electron chi connectivity index (χ2n) is 5.46. The molecule has 1 saturated heterocycles. The second kappa shape index (κ2) is 7.26. The Kier molecular flexibility index (Phi) is 5.38. The molecule has 1 aliphatic heterocycles. The third kappa shape index (κ3) is 4.60. The fourth-order valence-electron chi connectivity index (χ4n) is 2.48. The third-order valence-corrected chi connectivity index (χ3v) is 3.79. The number of hydrogen-bond donors (Lipinski definition) is 0. The number of carbonyl (C=O) groups is 2. The predicted octanol–water partition coefficient (Wildman–Crippen LogP) is 0.792. The summed E-state index contributed by atoms with van der Waals surface area (Å²) >= 11 is 0. The van der Waals surface area contributed by atoms with E-state index >= 15 is 0 Å². The molecule has 6 heteroatoms. The summed E-state index contributed by atoms with van der Waals surface area (Å²) < 4.78 is 5.25. The van der Waals surface area contributed by atoms with Crippen molar-refractivity contribution >= 4 is 11.8 Å². The predicted molar refractivity (Wildman–Crippen MR) is 78.5 cm³/mol. The van der Waals surface area contributed by atoms with Gasteiger partial charge in [0.05, 0.1) is 19.4 Å². The Labute approximate surface area is 125 Å². The van der Waals surface area contributed by atoms with Gasteiger partial charge in [0.15, 0.2) is 0 Å². The van der Waals surface area contributed by atoms with E-state index in [-0.39, 0.29) is 11.8 Å². The van der Waals surface area contributed by atoms with Gasteiger partial charge in [-0.25, -0.2) is 0 Å². The maximum atomic E-state index is 12.2. The molecule has 1 aliphatic rings. The highest BCUT2D eigenvalue weighted by Gasteiger charge is 2.20. The van der Waals surface area contributed by atoms with E-state index < -0.39 is 0 Å². The van der Waals surface area contributed by atoms with E-state index in [2.05, 4.69) is 4.90 Å². The highest BCUT2D eigenvalue weighted by molar-refractivity contribution is 5.78. The summed E-state index contributed by atoms with van der Waals surface area (Å²) in [6.45, 7) is 5.55. The van der Waals surface area contributed by atoms with Crippen molar-refractivity contribution in [2.24, 2.45) is 0 Å². The van der Waals surface area contributed by atoms with Gasteiger partial charge in [0.25, 0.3) is 0 Å². The molecule has 0 atom stereocenters. The number of rotatable bonds is 4. The van der Waals surface area contributed by atoms with Gasteiger partial charge in [0.1, 0.15) is 5.76 Å². The van der Waals surface area contributed by atoms with Crippen LogP contribution in [0.2, 0.25) is 0 Å². The van der Waals surface area contributed by atoms with Crippen molar-refractivity contribution in [2.45, 2.75) is 19.9 Å². The quantitative estimate of drug-likeness (QED) is 0.823. The highest BCUT2D eigenvalue weighted by atomic mass is 16.3. The van der Waals surface area contributed by atoms with Gasteiger partial charge in [0, 0.05) is 40.2 Å². The lowest BCUT2D eigenvalue weighted by atomic mass is 10.3. The normalized spacial score (nSPS) is 16.6. The van der Waals surface area contributed by atoms with Crippen LogP contribution in [0.25, 0.3) is 0 Å². The van der Waals surface area contributed by atoms with Crippen LogP contribution in [0.4, 0.5) is 0 Å². The standard InChI is InChI=1S/C15H23N3O3/c1-13(19)18-7-4-6-17(8-9-18)12-15(20)16(2)11-14-5-3-10-21-14/h3,5,10H,4,6-9,11-12H2,1-2H3. The number of nitrogens with zero attached hydrogens (tertiary/aromatic N) is 3. The Morgan fingerprint density at radius 3 is 2.76 bits per heavy atom. The molecule has 6 nitrogen and oxygen atoms in total. The highest BCUT2D eigenvalue weighted by Crippen LogP contribution is 2.07. The number of furan rings is 1. The average Bonchev–Trinajstić information content (AvgIpc) is 2.83. The molecule has 1 aromatic heterocycles. The lowest BCUT2D eigenvalue weighted by Crippen LogP contribution is -2.40. The summed E-state index contributed by atoms with van der Waals surface area (Å²) in [5.74, 6) is 0.963. The van der Waals surface area contributed by atoms with Crippen molar-refractivity contribution in [1.29, 1.82) is 0 Å². The molecule has 1 aromatic rings. The minimum Gasteiger partial charge on any atom is -0.467 e. The molecule has 0 aromatic carbocycles. The molecule has 0 radical (unpaired) electrons. The molecule has 0 N–H and O–H groups in total. The van der Waals surface area contributed by atoms with Crippen LogP contribution in [0, 0.1) is 0 Å². The topological polar surface area (TPSA) is 57.0 Å². The van der Waals surface area contributed by atoms with Gasteiger partial charge < -0.3 is 14.2 Å². The van der Waals surface area contributed by atoms with Gasteiger partial charge in [-0.1, -0.05) is 0 Å². The van der Waals surface area contributed by atoms with E-state index in [4.69, 9.17) is 4.42 Å². The summed E-state index contributed by atoms with van der Waals surface area (Å²) in [6, 6.07) is 3.68. The van der Waals surface area contributed by atoms with Gasteiger partial charge >= 0.3 is 0 Å². The summed E-state index contributed by atoms with van der Waals surface area (Å²) in [6.07, 6.45) is 2.52. The molecule has 0 aliphatic carbocycles. The van der Waals surface area contributed by atoms with Crippen LogP contribution >= 0.6 is 0 Å². The maximum Gasteiger partial charge on any atom is 0.236 e. The van der Waals surface area contributed by atoms with Crippen molar-refractivity contribution in [3.05, 3.63) is 24.2 Å². The van der Waals surface area contributed by atoms with Crippen LogP contribution in [-0.2, 0) is 16.1 Å². The Balaban J connectivity index is 1.80. The monoisotopic (exact) mass is 293 g/mol. The first kappa shape index (κ1) is 15.6. The summed E-state index contributed by atoms with van der Waals surface area (Å²) in [5, 5.41) is 0. The zero-order chi connectivity index (χ0) is 15.2. The largest absolute Gasteiger partial charge is 0.467 e. The molecule has 0 spiro atoms. The van der Waals surface area contributed by atoms with E-state index in [1.54, 1.807) is 25.1 Å². The van der Waals surface area contributed by atoms with E-state index in [1.165, 1.54) is 0 Å². The van der Waals surface area contributed by atoms with E-state index in [9.17, 15) is 9.59 Å². The first-order chi connectivity index (χ1) is 10.1. The van der Waals surface area contributed by atoms with Gasteiger partial charge in [-0.05, 0) is 18.6 Å². The molecule has 1 fully saturated rings. The number of hydrogen-bond acceptors (Lipinski definition) is 4. The molecule has 0 saturated carbocycles. The molecule has 116 valence electrons. The van der Waals surface area contributed by atoms with Crippen LogP contribution in [0.1, 0.15) is 19.1 Å².